The lowest BCUT2D eigenvalue weighted by molar-refractivity contribution is -0.199. The van der Waals surface area contributed by atoms with Gasteiger partial charge in [-0.25, -0.2) is 4.79 Å². The lowest BCUT2D eigenvalue weighted by Gasteiger charge is -2.64. The van der Waals surface area contributed by atoms with Crippen molar-refractivity contribution in [3.63, 3.8) is 0 Å². The van der Waals surface area contributed by atoms with E-state index in [1.807, 2.05) is 19.1 Å². The van der Waals surface area contributed by atoms with Crippen LogP contribution in [0.4, 0.5) is 0 Å². The molecule has 36 heavy (non-hydrogen) atoms. The van der Waals surface area contributed by atoms with E-state index in [0.29, 0.717) is 36.2 Å². The summed E-state index contributed by atoms with van der Waals surface area (Å²) in [6.45, 7) is 9.01. The number of para-hydroxylation sites is 1. The number of amides is 1. The second kappa shape index (κ2) is 10.4. The number of nitriles is 1. The van der Waals surface area contributed by atoms with Crippen molar-refractivity contribution in [2.75, 3.05) is 13.7 Å². The highest BCUT2D eigenvalue weighted by molar-refractivity contribution is 6.48. The number of esters is 1. The quantitative estimate of drug-likeness (QED) is 0.387. The van der Waals surface area contributed by atoms with Crippen LogP contribution in [0.25, 0.3) is 0 Å². The summed E-state index contributed by atoms with van der Waals surface area (Å²) >= 11 is 0. The van der Waals surface area contributed by atoms with E-state index < -0.39 is 24.6 Å². The molecule has 2 bridgehead atoms. The van der Waals surface area contributed by atoms with Crippen LogP contribution in [0.1, 0.15) is 75.7 Å². The van der Waals surface area contributed by atoms with E-state index in [-0.39, 0.29) is 30.3 Å². The van der Waals surface area contributed by atoms with Crippen molar-refractivity contribution < 1.29 is 28.4 Å². The molecule has 1 aliphatic heterocycles. The standard InChI is InChI=1S/C27H37BN2O6/c1-6-13-34-25(32)19-10-7-9-17(24(19)33-5)14-22(30-23(31)11-8-12-29)28-35-21-16-18-15-20(26(18,2)3)27(21,4)36-28/h7,9-10,18,20-22H,6,8,11,13-16H2,1-5H3,(H,30,31). The van der Waals surface area contributed by atoms with Crippen LogP contribution in [0.15, 0.2) is 18.2 Å². The van der Waals surface area contributed by atoms with Crippen molar-refractivity contribution in [2.45, 2.75) is 83.9 Å². The Labute approximate surface area is 214 Å². The fourth-order valence-corrected chi connectivity index (χ4v) is 6.39. The third-order valence-corrected chi connectivity index (χ3v) is 8.51. The van der Waals surface area contributed by atoms with E-state index >= 15 is 0 Å². The van der Waals surface area contributed by atoms with Gasteiger partial charge in [0.05, 0.1) is 37.4 Å². The number of nitrogens with zero attached hydrogens (tertiary/aromatic N) is 1. The molecule has 1 heterocycles. The van der Waals surface area contributed by atoms with Gasteiger partial charge in [-0.2, -0.15) is 5.26 Å². The number of carbonyl (C=O) groups excluding carboxylic acids is 2. The first kappa shape index (κ1) is 26.5. The Bertz CT molecular complexity index is 1040. The van der Waals surface area contributed by atoms with Crippen molar-refractivity contribution in [3.05, 3.63) is 29.3 Å². The van der Waals surface area contributed by atoms with Gasteiger partial charge in [-0.05, 0) is 61.5 Å². The van der Waals surface area contributed by atoms with E-state index in [1.165, 1.54) is 7.11 Å². The minimum Gasteiger partial charge on any atom is -0.496 e. The Balaban J connectivity index is 1.59. The van der Waals surface area contributed by atoms with Gasteiger partial charge in [-0.15, -0.1) is 0 Å². The highest BCUT2D eigenvalue weighted by Gasteiger charge is 2.68. The first-order valence-corrected chi connectivity index (χ1v) is 13.0. The van der Waals surface area contributed by atoms with Crippen LogP contribution in [0.3, 0.4) is 0 Å². The second-order valence-corrected chi connectivity index (χ2v) is 11.0. The smallest absolute Gasteiger partial charge is 0.482 e. The molecule has 4 aliphatic rings. The Morgan fingerprint density at radius 3 is 2.75 bits per heavy atom. The average molecular weight is 496 g/mol. The molecule has 1 saturated heterocycles. The first-order chi connectivity index (χ1) is 17.1. The fourth-order valence-electron chi connectivity index (χ4n) is 6.39. The summed E-state index contributed by atoms with van der Waals surface area (Å²) < 4.78 is 24.1. The molecule has 1 amide bonds. The number of methoxy groups -OCH3 is 1. The van der Waals surface area contributed by atoms with Crippen LogP contribution < -0.4 is 10.1 Å². The van der Waals surface area contributed by atoms with Crippen molar-refractivity contribution in [1.82, 2.24) is 5.32 Å². The SMILES string of the molecule is CCCOC(=O)c1cccc(CC(NC(=O)CCC#N)B2OC3CC4CC(C4(C)C)C3(C)O2)c1OC. The highest BCUT2D eigenvalue weighted by atomic mass is 16.7. The second-order valence-electron chi connectivity index (χ2n) is 11.0. The molecule has 3 aliphatic carbocycles. The van der Waals surface area contributed by atoms with Crippen LogP contribution in [-0.4, -0.2) is 50.4 Å². The van der Waals surface area contributed by atoms with Gasteiger partial charge in [0.2, 0.25) is 5.91 Å². The molecule has 9 heteroatoms. The Morgan fingerprint density at radius 2 is 2.08 bits per heavy atom. The monoisotopic (exact) mass is 496 g/mol. The molecule has 5 atom stereocenters. The molecule has 4 fully saturated rings. The molecule has 0 spiro atoms. The topological polar surface area (TPSA) is 107 Å². The molecule has 5 rings (SSSR count). The lowest BCUT2D eigenvalue weighted by atomic mass is 9.43. The lowest BCUT2D eigenvalue weighted by Crippen LogP contribution is -2.65. The molecule has 194 valence electrons. The molecule has 1 N–H and O–H groups in total. The zero-order valence-corrected chi connectivity index (χ0v) is 22.0. The Morgan fingerprint density at radius 1 is 1.31 bits per heavy atom. The zero-order chi connectivity index (χ0) is 26.1. The highest BCUT2D eigenvalue weighted by Crippen LogP contribution is 2.65. The van der Waals surface area contributed by atoms with Crippen LogP contribution in [0, 0.1) is 28.6 Å². The largest absolute Gasteiger partial charge is 0.496 e. The normalized spacial score (nSPS) is 28.3. The van der Waals surface area contributed by atoms with Gasteiger partial charge in [0.15, 0.2) is 0 Å². The van der Waals surface area contributed by atoms with Gasteiger partial charge >= 0.3 is 13.1 Å². The maximum atomic E-state index is 12.7. The molecule has 0 aromatic heterocycles. The van der Waals surface area contributed by atoms with Crippen molar-refractivity contribution >= 4 is 19.0 Å². The summed E-state index contributed by atoms with van der Waals surface area (Å²) in [5, 5.41) is 12.0. The number of hydrogen-bond acceptors (Lipinski definition) is 7. The third-order valence-electron chi connectivity index (χ3n) is 8.51. The molecule has 8 nitrogen and oxygen atoms in total. The van der Waals surface area contributed by atoms with Crippen molar-refractivity contribution in [2.24, 2.45) is 17.3 Å². The molecular formula is C27H37BN2O6. The summed E-state index contributed by atoms with van der Waals surface area (Å²) in [5.41, 5.74) is 0.861. The van der Waals surface area contributed by atoms with E-state index in [2.05, 4.69) is 26.1 Å². The average Bonchev–Trinajstić information content (AvgIpc) is 3.22. The van der Waals surface area contributed by atoms with Crippen molar-refractivity contribution in [1.29, 1.82) is 5.26 Å². The summed E-state index contributed by atoms with van der Waals surface area (Å²) in [5.74, 6) is 0.210. The van der Waals surface area contributed by atoms with E-state index in [9.17, 15) is 9.59 Å². The van der Waals surface area contributed by atoms with Crippen molar-refractivity contribution in [3.8, 4) is 11.8 Å². The molecule has 3 saturated carbocycles. The molecule has 5 unspecified atom stereocenters. The number of ether oxygens (including phenoxy) is 2. The van der Waals surface area contributed by atoms with Gasteiger partial charge < -0.3 is 24.1 Å². The number of carbonyl (C=O) groups is 2. The van der Waals surface area contributed by atoms with E-state index in [4.69, 9.17) is 24.0 Å². The maximum Gasteiger partial charge on any atom is 0.482 e. The predicted molar refractivity (Wildman–Crippen MR) is 134 cm³/mol. The minimum atomic E-state index is -0.651. The first-order valence-electron chi connectivity index (χ1n) is 13.0. The van der Waals surface area contributed by atoms with Gasteiger partial charge in [0.25, 0.3) is 0 Å². The molecule has 0 radical (unpaired) electrons. The van der Waals surface area contributed by atoms with Crippen LogP contribution >= 0.6 is 0 Å². The zero-order valence-electron chi connectivity index (χ0n) is 22.0. The van der Waals surface area contributed by atoms with Gasteiger partial charge in [0.1, 0.15) is 11.3 Å². The third kappa shape index (κ3) is 4.73. The minimum absolute atomic E-state index is 0.0324. The Hall–Kier alpha value is -2.57. The van der Waals surface area contributed by atoms with Gasteiger partial charge in [-0.1, -0.05) is 32.9 Å². The number of rotatable bonds is 10. The van der Waals surface area contributed by atoms with Crippen LogP contribution in [-0.2, 0) is 25.3 Å². The van der Waals surface area contributed by atoms with E-state index in [1.54, 1.807) is 12.1 Å². The van der Waals surface area contributed by atoms with Crippen LogP contribution in [0.5, 0.6) is 5.75 Å². The molecule has 1 aromatic rings. The summed E-state index contributed by atoms with van der Waals surface area (Å²) in [7, 11) is 0.866. The number of nitrogens with one attached hydrogen (secondary N) is 1. The molecule has 1 aromatic carbocycles. The fraction of sp³-hybridized carbons (Fsp3) is 0.667. The maximum absolute atomic E-state index is 12.7. The van der Waals surface area contributed by atoms with Gasteiger partial charge in [-0.3, -0.25) is 4.79 Å². The summed E-state index contributed by atoms with van der Waals surface area (Å²) in [6.07, 6.45) is 3.32. The number of hydrogen-bond donors (Lipinski definition) is 1. The summed E-state index contributed by atoms with van der Waals surface area (Å²) in [4.78, 5) is 25.3. The predicted octanol–water partition coefficient (Wildman–Crippen LogP) is 3.86. The number of benzene rings is 1. The van der Waals surface area contributed by atoms with Crippen LogP contribution in [0.2, 0.25) is 0 Å². The van der Waals surface area contributed by atoms with E-state index in [0.717, 1.165) is 24.8 Å². The Kier molecular flexibility index (Phi) is 7.68. The van der Waals surface area contributed by atoms with Gasteiger partial charge in [0, 0.05) is 12.8 Å². The molecular weight excluding hydrogens is 459 g/mol. The summed E-state index contributed by atoms with van der Waals surface area (Å²) in [6, 6.07) is 7.34.